The van der Waals surface area contributed by atoms with Crippen LogP contribution in [0.15, 0.2) is 0 Å². The van der Waals surface area contributed by atoms with Crippen LogP contribution in [0.5, 0.6) is 0 Å². The molecule has 2 N–H and O–H groups in total. The van der Waals surface area contributed by atoms with Crippen LogP contribution >= 0.6 is 0 Å². The fourth-order valence-electron chi connectivity index (χ4n) is 2.66. The Morgan fingerprint density at radius 1 is 0.750 bits per heavy atom. The molecule has 0 spiro atoms. The van der Waals surface area contributed by atoms with Gasteiger partial charge in [0.25, 0.3) is 0 Å². The molecule has 0 rings (SSSR count). The van der Waals surface area contributed by atoms with Crippen molar-refractivity contribution >= 4 is 0 Å². The number of likely N-dealkylation sites (N-methyl/N-ethyl adjacent to an activating group) is 1. The lowest BCUT2D eigenvalue weighted by Crippen LogP contribution is -3.00. The van der Waals surface area contributed by atoms with Crippen molar-refractivity contribution in [3.8, 4) is 0 Å². The fourth-order valence-corrected chi connectivity index (χ4v) is 2.66. The number of hydrogen-bond donors (Lipinski definition) is 2. The Hall–Kier alpha value is 0.170. The standard InChI is InChI=1S/C16H36NO2.ClH/c1-5-7-9-11-15(18)13-17(3,4)14-16(19)12-10-8-6-2;/h15-16,18-19H,5-14H2,1-4H3;1H/q+1;/p-1. The molecule has 3 nitrogen and oxygen atoms in total. The average molecular weight is 310 g/mol. The predicted molar refractivity (Wildman–Crippen MR) is 82.1 cm³/mol. The first-order valence-electron chi connectivity index (χ1n) is 8.09. The Balaban J connectivity index is 0. The van der Waals surface area contributed by atoms with E-state index in [1.165, 1.54) is 25.7 Å². The third kappa shape index (κ3) is 13.2. The minimum atomic E-state index is -0.232. The van der Waals surface area contributed by atoms with Crippen molar-refractivity contribution in [2.45, 2.75) is 77.4 Å². The second-order valence-electron chi connectivity index (χ2n) is 6.60. The highest BCUT2D eigenvalue weighted by atomic mass is 35.5. The zero-order chi connectivity index (χ0) is 14.7. The molecule has 0 aliphatic heterocycles. The SMILES string of the molecule is CCCCCC(O)C[N+](C)(C)CC(O)CCCCC.[Cl-]. The van der Waals surface area contributed by atoms with Gasteiger partial charge in [0, 0.05) is 0 Å². The van der Waals surface area contributed by atoms with Gasteiger partial charge in [-0.2, -0.15) is 0 Å². The molecule has 0 radical (unpaired) electrons. The lowest BCUT2D eigenvalue weighted by molar-refractivity contribution is -0.896. The summed E-state index contributed by atoms with van der Waals surface area (Å²) >= 11 is 0. The Morgan fingerprint density at radius 2 is 1.10 bits per heavy atom. The quantitative estimate of drug-likeness (QED) is 0.392. The maximum atomic E-state index is 10.0. The van der Waals surface area contributed by atoms with E-state index in [9.17, 15) is 10.2 Å². The van der Waals surface area contributed by atoms with Crippen LogP contribution in [0.1, 0.15) is 65.2 Å². The second-order valence-corrected chi connectivity index (χ2v) is 6.60. The Kier molecular flexibility index (Phi) is 14.5. The van der Waals surface area contributed by atoms with Crippen LogP contribution in [0.4, 0.5) is 0 Å². The summed E-state index contributed by atoms with van der Waals surface area (Å²) in [5, 5.41) is 20.1. The zero-order valence-electron chi connectivity index (χ0n) is 13.9. The van der Waals surface area contributed by atoms with Crippen LogP contribution in [-0.4, -0.2) is 54.1 Å². The smallest absolute Gasteiger partial charge is 0.105 e. The molecule has 0 amide bonds. The molecule has 124 valence electrons. The van der Waals surface area contributed by atoms with Crippen molar-refractivity contribution in [3.05, 3.63) is 0 Å². The Bertz CT molecular complexity index is 193. The summed E-state index contributed by atoms with van der Waals surface area (Å²) in [6, 6.07) is 0. The van der Waals surface area contributed by atoms with Crippen LogP contribution in [-0.2, 0) is 0 Å². The molecule has 0 aromatic heterocycles. The van der Waals surface area contributed by atoms with Gasteiger partial charge in [0.05, 0.1) is 14.1 Å². The number of nitrogens with zero attached hydrogens (tertiary/aromatic N) is 1. The van der Waals surface area contributed by atoms with Crippen LogP contribution in [0.3, 0.4) is 0 Å². The van der Waals surface area contributed by atoms with E-state index in [0.717, 1.165) is 38.8 Å². The molecule has 0 aliphatic rings. The molecule has 0 bridgehead atoms. The monoisotopic (exact) mass is 309 g/mol. The number of quaternary nitrogens is 1. The molecule has 2 atom stereocenters. The summed E-state index contributed by atoms with van der Waals surface area (Å²) in [6.07, 6.45) is 8.32. The second kappa shape index (κ2) is 12.9. The Labute approximate surface area is 132 Å². The summed E-state index contributed by atoms with van der Waals surface area (Å²) in [4.78, 5) is 0. The summed E-state index contributed by atoms with van der Waals surface area (Å²) in [6.45, 7) is 5.85. The van der Waals surface area contributed by atoms with Crippen molar-refractivity contribution in [1.82, 2.24) is 0 Å². The van der Waals surface area contributed by atoms with E-state index in [0.29, 0.717) is 4.48 Å². The normalized spacial score (nSPS) is 14.7. The van der Waals surface area contributed by atoms with Crippen molar-refractivity contribution in [2.24, 2.45) is 0 Å². The average Bonchev–Trinajstić information content (AvgIpc) is 2.28. The van der Waals surface area contributed by atoms with Gasteiger partial charge in [0.2, 0.25) is 0 Å². The minimum absolute atomic E-state index is 0. The molecule has 4 heteroatoms. The molecule has 0 aromatic carbocycles. The van der Waals surface area contributed by atoms with Gasteiger partial charge in [-0.1, -0.05) is 52.4 Å². The number of unbranched alkanes of at least 4 members (excludes halogenated alkanes) is 4. The summed E-state index contributed by atoms with van der Waals surface area (Å²) in [5.41, 5.74) is 0. The molecule has 0 aliphatic carbocycles. The molecule has 0 saturated heterocycles. The van der Waals surface area contributed by atoms with Crippen molar-refractivity contribution in [2.75, 3.05) is 27.2 Å². The molecule has 0 fully saturated rings. The lowest BCUT2D eigenvalue weighted by Gasteiger charge is -2.33. The van der Waals surface area contributed by atoms with E-state index in [4.69, 9.17) is 0 Å². The van der Waals surface area contributed by atoms with E-state index in [1.54, 1.807) is 0 Å². The van der Waals surface area contributed by atoms with E-state index in [1.807, 2.05) is 0 Å². The topological polar surface area (TPSA) is 40.5 Å². The van der Waals surface area contributed by atoms with Crippen LogP contribution < -0.4 is 12.4 Å². The van der Waals surface area contributed by atoms with Gasteiger partial charge in [-0.25, -0.2) is 0 Å². The molecular formula is C16H36ClNO2. The first-order chi connectivity index (χ1) is 8.91. The third-order valence-corrected chi connectivity index (χ3v) is 3.69. The van der Waals surface area contributed by atoms with Gasteiger partial charge in [0.1, 0.15) is 25.3 Å². The molecule has 0 heterocycles. The molecule has 0 aromatic rings. The zero-order valence-corrected chi connectivity index (χ0v) is 14.7. The van der Waals surface area contributed by atoms with E-state index in [2.05, 4.69) is 27.9 Å². The van der Waals surface area contributed by atoms with E-state index < -0.39 is 0 Å². The third-order valence-electron chi connectivity index (χ3n) is 3.69. The number of aliphatic hydroxyl groups excluding tert-OH is 2. The molecular weight excluding hydrogens is 274 g/mol. The van der Waals surface area contributed by atoms with Gasteiger partial charge in [-0.3, -0.25) is 0 Å². The van der Waals surface area contributed by atoms with Crippen molar-refractivity contribution in [3.63, 3.8) is 0 Å². The lowest BCUT2D eigenvalue weighted by atomic mass is 10.1. The largest absolute Gasteiger partial charge is 1.00 e. The molecule has 20 heavy (non-hydrogen) atoms. The number of rotatable bonds is 12. The number of aliphatic hydroxyl groups is 2. The molecule has 2 unspecified atom stereocenters. The highest BCUT2D eigenvalue weighted by molar-refractivity contribution is 4.59. The van der Waals surface area contributed by atoms with E-state index in [-0.39, 0.29) is 24.6 Å². The van der Waals surface area contributed by atoms with Gasteiger partial charge in [-0.15, -0.1) is 0 Å². The van der Waals surface area contributed by atoms with Crippen molar-refractivity contribution < 1.29 is 27.1 Å². The number of hydrogen-bond acceptors (Lipinski definition) is 2. The summed E-state index contributed by atoms with van der Waals surface area (Å²) in [7, 11) is 4.21. The highest BCUT2D eigenvalue weighted by Crippen LogP contribution is 2.11. The fraction of sp³-hybridized carbons (Fsp3) is 1.00. The first kappa shape index (κ1) is 22.5. The number of halogens is 1. The first-order valence-corrected chi connectivity index (χ1v) is 8.09. The van der Waals surface area contributed by atoms with Crippen molar-refractivity contribution in [1.29, 1.82) is 0 Å². The predicted octanol–water partition coefficient (Wildman–Crippen LogP) is -0.0508. The van der Waals surface area contributed by atoms with Gasteiger partial charge < -0.3 is 27.1 Å². The highest BCUT2D eigenvalue weighted by Gasteiger charge is 2.23. The minimum Gasteiger partial charge on any atom is -1.00 e. The van der Waals surface area contributed by atoms with Gasteiger partial charge in [-0.05, 0) is 12.8 Å². The maximum Gasteiger partial charge on any atom is 0.105 e. The Morgan fingerprint density at radius 3 is 1.40 bits per heavy atom. The van der Waals surface area contributed by atoms with Crippen LogP contribution in [0.25, 0.3) is 0 Å². The summed E-state index contributed by atoms with van der Waals surface area (Å²) < 4.78 is 0.709. The van der Waals surface area contributed by atoms with Crippen LogP contribution in [0, 0.1) is 0 Å². The van der Waals surface area contributed by atoms with Crippen LogP contribution in [0.2, 0.25) is 0 Å². The molecule has 0 saturated carbocycles. The van der Waals surface area contributed by atoms with Gasteiger partial charge in [0.15, 0.2) is 0 Å². The van der Waals surface area contributed by atoms with Gasteiger partial charge >= 0.3 is 0 Å². The summed E-state index contributed by atoms with van der Waals surface area (Å²) in [5.74, 6) is 0. The maximum absolute atomic E-state index is 10.0. The van der Waals surface area contributed by atoms with E-state index >= 15 is 0 Å².